The molecule has 3 aromatic rings. The second-order valence-corrected chi connectivity index (χ2v) is 9.87. The highest BCUT2D eigenvalue weighted by molar-refractivity contribution is 9.10. The van der Waals surface area contributed by atoms with Crippen LogP contribution in [0, 0.1) is 6.92 Å². The quantitative estimate of drug-likeness (QED) is 0.385. The van der Waals surface area contributed by atoms with Crippen molar-refractivity contribution in [3.63, 3.8) is 0 Å². The fourth-order valence-electron chi connectivity index (χ4n) is 4.71. The van der Waals surface area contributed by atoms with E-state index in [1.807, 2.05) is 36.1 Å². The number of carbonyl (C=O) groups is 1. The number of aromatic amines is 1. The van der Waals surface area contributed by atoms with Crippen LogP contribution in [0.5, 0.6) is 0 Å². The minimum absolute atomic E-state index is 0.136. The van der Waals surface area contributed by atoms with Crippen molar-refractivity contribution in [2.75, 3.05) is 50.7 Å². The average Bonchev–Trinajstić information content (AvgIpc) is 3.26. The van der Waals surface area contributed by atoms with Crippen molar-refractivity contribution in [3.8, 4) is 11.3 Å². The molecule has 0 aliphatic carbocycles. The average molecular weight is 524 g/mol. The second kappa shape index (κ2) is 11.7. The van der Waals surface area contributed by atoms with Crippen LogP contribution in [-0.2, 0) is 0 Å². The van der Waals surface area contributed by atoms with Crippen molar-refractivity contribution >= 4 is 27.5 Å². The fraction of sp³-hybridized carbons (Fsp3) is 0.393. The second-order valence-electron chi connectivity index (χ2n) is 9.01. The summed E-state index contributed by atoms with van der Waals surface area (Å²) in [7, 11) is 0. The molecule has 1 aliphatic rings. The predicted molar refractivity (Wildman–Crippen MR) is 145 cm³/mol. The van der Waals surface area contributed by atoms with E-state index < -0.39 is 0 Å². The van der Waals surface area contributed by atoms with E-state index in [9.17, 15) is 4.79 Å². The van der Waals surface area contributed by atoms with E-state index in [0.717, 1.165) is 85.6 Å². The number of rotatable bonds is 9. The lowest BCUT2D eigenvalue weighted by atomic mass is 10.1. The SMILES string of the molecule is CCCN(CCCN1CCN(c2ccccc2Br)CC1)C(=O)c1cc(-c2ccccc2)[nH]c1C. The van der Waals surface area contributed by atoms with Crippen LogP contribution < -0.4 is 4.90 Å². The Morgan fingerprint density at radius 1 is 1.00 bits per heavy atom. The number of aryl methyl sites for hydroxylation is 1. The molecule has 1 saturated heterocycles. The summed E-state index contributed by atoms with van der Waals surface area (Å²) >= 11 is 3.68. The van der Waals surface area contributed by atoms with Crippen LogP contribution >= 0.6 is 15.9 Å². The van der Waals surface area contributed by atoms with Gasteiger partial charge in [-0.25, -0.2) is 0 Å². The van der Waals surface area contributed by atoms with Crippen LogP contribution in [0.3, 0.4) is 0 Å². The number of benzene rings is 2. The molecular weight excluding hydrogens is 488 g/mol. The number of hydrogen-bond acceptors (Lipinski definition) is 3. The topological polar surface area (TPSA) is 42.6 Å². The largest absolute Gasteiger partial charge is 0.368 e. The molecule has 1 aromatic heterocycles. The summed E-state index contributed by atoms with van der Waals surface area (Å²) in [4.78, 5) is 23.8. The summed E-state index contributed by atoms with van der Waals surface area (Å²) in [6.07, 6.45) is 1.96. The first-order chi connectivity index (χ1) is 16.6. The zero-order chi connectivity index (χ0) is 23.9. The molecule has 2 aromatic carbocycles. The van der Waals surface area contributed by atoms with E-state index >= 15 is 0 Å². The molecule has 0 saturated carbocycles. The Morgan fingerprint density at radius 3 is 2.41 bits per heavy atom. The van der Waals surface area contributed by atoms with Crippen LogP contribution in [0.2, 0.25) is 0 Å². The normalized spacial score (nSPS) is 14.4. The van der Waals surface area contributed by atoms with Crippen LogP contribution in [-0.4, -0.2) is 66.5 Å². The van der Waals surface area contributed by atoms with Gasteiger partial charge in [0.25, 0.3) is 5.91 Å². The third-order valence-electron chi connectivity index (χ3n) is 6.58. The number of carbonyl (C=O) groups excluding carboxylic acids is 1. The van der Waals surface area contributed by atoms with Gasteiger partial charge in [-0.05, 0) is 66.0 Å². The Kier molecular flexibility index (Phi) is 8.46. The molecule has 6 heteroatoms. The Morgan fingerprint density at radius 2 is 1.71 bits per heavy atom. The molecular formula is C28H35BrN4O. The summed E-state index contributed by atoms with van der Waals surface area (Å²) in [5.41, 5.74) is 5.11. The van der Waals surface area contributed by atoms with Crippen LogP contribution in [0.25, 0.3) is 11.3 Å². The highest BCUT2D eigenvalue weighted by Gasteiger charge is 2.21. The number of nitrogens with one attached hydrogen (secondary N) is 1. The van der Waals surface area contributed by atoms with Gasteiger partial charge < -0.3 is 14.8 Å². The number of H-pyrrole nitrogens is 1. The molecule has 4 rings (SSSR count). The first-order valence-corrected chi connectivity index (χ1v) is 13.1. The van der Waals surface area contributed by atoms with Crippen molar-refractivity contribution in [1.29, 1.82) is 0 Å². The lowest BCUT2D eigenvalue weighted by Crippen LogP contribution is -2.47. The summed E-state index contributed by atoms with van der Waals surface area (Å²) in [6, 6.07) is 20.6. The van der Waals surface area contributed by atoms with Gasteiger partial charge in [0.15, 0.2) is 0 Å². The number of anilines is 1. The molecule has 0 spiro atoms. The van der Waals surface area contributed by atoms with E-state index in [-0.39, 0.29) is 5.91 Å². The van der Waals surface area contributed by atoms with Gasteiger partial charge in [0.1, 0.15) is 0 Å². The lowest BCUT2D eigenvalue weighted by molar-refractivity contribution is 0.0746. The van der Waals surface area contributed by atoms with E-state index in [1.165, 1.54) is 5.69 Å². The highest BCUT2D eigenvalue weighted by atomic mass is 79.9. The van der Waals surface area contributed by atoms with Gasteiger partial charge in [0, 0.05) is 55.1 Å². The Bertz CT molecular complexity index is 1070. The van der Waals surface area contributed by atoms with Gasteiger partial charge in [0.05, 0.1) is 11.3 Å². The molecule has 0 atom stereocenters. The zero-order valence-corrected chi connectivity index (χ0v) is 21.9. The minimum atomic E-state index is 0.136. The van der Waals surface area contributed by atoms with E-state index in [2.05, 4.69) is 74.0 Å². The Hall–Kier alpha value is -2.57. The van der Waals surface area contributed by atoms with Crippen LogP contribution in [0.1, 0.15) is 35.8 Å². The molecule has 1 aliphatic heterocycles. The van der Waals surface area contributed by atoms with E-state index in [4.69, 9.17) is 0 Å². The number of amides is 1. The molecule has 1 amide bonds. The Balaban J connectivity index is 1.31. The van der Waals surface area contributed by atoms with Crippen LogP contribution in [0.4, 0.5) is 5.69 Å². The van der Waals surface area contributed by atoms with E-state index in [1.54, 1.807) is 0 Å². The summed E-state index contributed by atoms with van der Waals surface area (Å²) in [5, 5.41) is 0. The van der Waals surface area contributed by atoms with Gasteiger partial charge in [-0.15, -0.1) is 0 Å². The van der Waals surface area contributed by atoms with Crippen molar-refractivity contribution < 1.29 is 4.79 Å². The fourth-order valence-corrected chi connectivity index (χ4v) is 5.25. The van der Waals surface area contributed by atoms with Crippen molar-refractivity contribution in [1.82, 2.24) is 14.8 Å². The smallest absolute Gasteiger partial charge is 0.255 e. The first kappa shape index (κ1) is 24.6. The van der Waals surface area contributed by atoms with Crippen molar-refractivity contribution in [2.45, 2.75) is 26.7 Å². The molecule has 1 N–H and O–H groups in total. The number of hydrogen-bond donors (Lipinski definition) is 1. The minimum Gasteiger partial charge on any atom is -0.368 e. The standard InChI is InChI=1S/C28H35BrN4O/c1-3-14-33(28(34)24-21-26(30-22(24)2)23-10-5-4-6-11-23)16-9-15-31-17-19-32(20-18-31)27-13-8-7-12-25(27)29/h4-8,10-13,21,30H,3,9,14-20H2,1-2H3. The highest BCUT2D eigenvalue weighted by Crippen LogP contribution is 2.27. The molecule has 1 fully saturated rings. The van der Waals surface area contributed by atoms with Gasteiger partial charge in [0.2, 0.25) is 0 Å². The number of aromatic nitrogens is 1. The summed E-state index contributed by atoms with van der Waals surface area (Å²) < 4.78 is 1.16. The van der Waals surface area contributed by atoms with Gasteiger partial charge in [-0.3, -0.25) is 9.69 Å². The molecule has 0 radical (unpaired) electrons. The number of piperazine rings is 1. The van der Waals surface area contributed by atoms with Crippen LogP contribution in [0.15, 0.2) is 65.1 Å². The summed E-state index contributed by atoms with van der Waals surface area (Å²) in [5.74, 6) is 0.136. The monoisotopic (exact) mass is 522 g/mol. The van der Waals surface area contributed by atoms with Gasteiger partial charge in [-0.2, -0.15) is 0 Å². The maximum absolute atomic E-state index is 13.4. The lowest BCUT2D eigenvalue weighted by Gasteiger charge is -2.36. The predicted octanol–water partition coefficient (Wildman–Crippen LogP) is 5.82. The molecule has 0 unspecified atom stereocenters. The van der Waals surface area contributed by atoms with Gasteiger partial charge in [-0.1, -0.05) is 49.4 Å². The maximum Gasteiger partial charge on any atom is 0.255 e. The number of halogens is 1. The summed E-state index contributed by atoms with van der Waals surface area (Å²) in [6.45, 7) is 10.9. The third-order valence-corrected chi connectivity index (χ3v) is 7.25. The Labute approximate surface area is 211 Å². The van der Waals surface area contributed by atoms with Crippen molar-refractivity contribution in [3.05, 3.63) is 76.4 Å². The first-order valence-electron chi connectivity index (χ1n) is 12.3. The molecule has 34 heavy (non-hydrogen) atoms. The van der Waals surface area contributed by atoms with E-state index in [0.29, 0.717) is 0 Å². The molecule has 0 bridgehead atoms. The molecule has 180 valence electrons. The zero-order valence-electron chi connectivity index (χ0n) is 20.3. The third kappa shape index (κ3) is 5.91. The van der Waals surface area contributed by atoms with Crippen molar-refractivity contribution in [2.24, 2.45) is 0 Å². The number of nitrogens with zero attached hydrogens (tertiary/aromatic N) is 3. The maximum atomic E-state index is 13.4. The van der Waals surface area contributed by atoms with Gasteiger partial charge >= 0.3 is 0 Å². The number of para-hydroxylation sites is 1. The molecule has 5 nitrogen and oxygen atoms in total. The molecule has 2 heterocycles.